The normalized spacial score (nSPS) is 13.3. The number of carbonyl (C=O) groups excluding carboxylic acids is 1. The van der Waals surface area contributed by atoms with Crippen LogP contribution in [0.3, 0.4) is 0 Å². The van der Waals surface area contributed by atoms with E-state index in [0.29, 0.717) is 0 Å². The molecule has 0 aromatic carbocycles. The van der Waals surface area contributed by atoms with Crippen molar-refractivity contribution in [1.82, 2.24) is 4.72 Å². The number of carbonyl (C=O) groups is 1. The molecule has 0 bridgehead atoms. The van der Waals surface area contributed by atoms with E-state index < -0.39 is 22.0 Å². The fourth-order valence-electron chi connectivity index (χ4n) is 1.15. The van der Waals surface area contributed by atoms with Crippen molar-refractivity contribution in [1.29, 1.82) is 0 Å². The number of nitrogens with one attached hydrogen (secondary N) is 1. The van der Waals surface area contributed by atoms with Gasteiger partial charge in [-0.3, -0.25) is 0 Å². The van der Waals surface area contributed by atoms with E-state index in [4.69, 9.17) is 10.2 Å². The van der Waals surface area contributed by atoms with Gasteiger partial charge in [-0.1, -0.05) is 0 Å². The maximum absolute atomic E-state index is 11.8. The van der Waals surface area contributed by atoms with Gasteiger partial charge in [0.15, 0.2) is 0 Å². The van der Waals surface area contributed by atoms with Gasteiger partial charge in [-0.15, -0.1) is 0 Å². The van der Waals surface area contributed by atoms with E-state index in [1.807, 2.05) is 0 Å². The Labute approximate surface area is 105 Å². The van der Waals surface area contributed by atoms with Crippen LogP contribution in [0.1, 0.15) is 24.4 Å². The van der Waals surface area contributed by atoms with Crippen LogP contribution in [-0.4, -0.2) is 33.6 Å². The van der Waals surface area contributed by atoms with Crippen LogP contribution in [0.2, 0.25) is 0 Å². The van der Waals surface area contributed by atoms with Crippen LogP contribution in [0.15, 0.2) is 21.6 Å². The molecule has 1 rings (SSSR count). The Kier molecular flexibility index (Phi) is 4.88. The zero-order chi connectivity index (χ0) is 13.8. The summed E-state index contributed by atoms with van der Waals surface area (Å²) in [5.74, 6) is -0.858. The first kappa shape index (κ1) is 14.7. The summed E-state index contributed by atoms with van der Waals surface area (Å²) in [6.07, 6.45) is 0. The van der Waals surface area contributed by atoms with Crippen molar-refractivity contribution in [2.24, 2.45) is 5.73 Å². The maximum Gasteiger partial charge on any atom is 0.374 e. The topological polar surface area (TPSA) is 112 Å². The van der Waals surface area contributed by atoms with Crippen molar-refractivity contribution < 1.29 is 22.4 Å². The van der Waals surface area contributed by atoms with Gasteiger partial charge in [-0.2, -0.15) is 0 Å². The molecule has 0 aliphatic heterocycles. The molecular weight excluding hydrogens is 260 g/mol. The quantitative estimate of drug-likeness (QED) is 0.712. The molecule has 1 atom stereocenters. The summed E-state index contributed by atoms with van der Waals surface area (Å²) >= 11 is 0. The molecule has 102 valence electrons. The summed E-state index contributed by atoms with van der Waals surface area (Å²) < 4.78 is 35.5. The van der Waals surface area contributed by atoms with Crippen molar-refractivity contribution >= 4 is 16.0 Å². The van der Waals surface area contributed by atoms with Crippen molar-refractivity contribution in [2.45, 2.75) is 25.0 Å². The summed E-state index contributed by atoms with van der Waals surface area (Å²) in [7, 11) is -3.80. The predicted octanol–water partition coefficient (Wildman–Crippen LogP) is 0.0818. The molecular formula is C10H16N2O5S. The molecule has 3 N–H and O–H groups in total. The fraction of sp³-hybridized carbons (Fsp3) is 0.500. The minimum atomic E-state index is -3.80. The van der Waals surface area contributed by atoms with Crippen LogP contribution < -0.4 is 10.5 Å². The molecule has 0 amide bonds. The number of sulfonamides is 1. The summed E-state index contributed by atoms with van der Waals surface area (Å²) in [6, 6.07) is 2.02. The Morgan fingerprint density at radius 3 is 2.78 bits per heavy atom. The minimum absolute atomic E-state index is 0.155. The highest BCUT2D eigenvalue weighted by molar-refractivity contribution is 7.89. The molecule has 0 radical (unpaired) electrons. The summed E-state index contributed by atoms with van der Waals surface area (Å²) in [6.45, 7) is 3.60. The third-order valence-corrected chi connectivity index (χ3v) is 3.49. The van der Waals surface area contributed by atoms with Crippen LogP contribution in [0.5, 0.6) is 0 Å². The number of hydrogen-bond donors (Lipinski definition) is 2. The second kappa shape index (κ2) is 5.98. The second-order valence-electron chi connectivity index (χ2n) is 3.60. The summed E-state index contributed by atoms with van der Waals surface area (Å²) in [4.78, 5) is 11.3. The lowest BCUT2D eigenvalue weighted by atomic mass is 10.4. The molecule has 1 aromatic rings. The standard InChI is InChI=1S/C10H16N2O5S/c1-3-16-10(13)8-4-5-9(17-8)18(14,15)12-7(2)6-11/h4-5,7,12H,3,6,11H2,1-2H3/t7-/m0/s1. The van der Waals surface area contributed by atoms with Crippen molar-refractivity contribution in [3.63, 3.8) is 0 Å². The lowest BCUT2D eigenvalue weighted by molar-refractivity contribution is 0.0484. The molecule has 7 nitrogen and oxygen atoms in total. The van der Waals surface area contributed by atoms with Crippen LogP contribution >= 0.6 is 0 Å². The second-order valence-corrected chi connectivity index (χ2v) is 5.24. The van der Waals surface area contributed by atoms with Crippen molar-refractivity contribution in [3.8, 4) is 0 Å². The molecule has 1 aromatic heterocycles. The Morgan fingerprint density at radius 1 is 1.56 bits per heavy atom. The van der Waals surface area contributed by atoms with E-state index >= 15 is 0 Å². The highest BCUT2D eigenvalue weighted by Gasteiger charge is 2.23. The van der Waals surface area contributed by atoms with E-state index in [1.54, 1.807) is 13.8 Å². The van der Waals surface area contributed by atoms with Gasteiger partial charge in [0.05, 0.1) is 6.61 Å². The first-order chi connectivity index (χ1) is 8.40. The van der Waals surface area contributed by atoms with Crippen LogP contribution in [0, 0.1) is 0 Å². The van der Waals surface area contributed by atoms with E-state index in [2.05, 4.69) is 9.46 Å². The van der Waals surface area contributed by atoms with E-state index in [-0.39, 0.29) is 24.0 Å². The molecule has 18 heavy (non-hydrogen) atoms. The SMILES string of the molecule is CCOC(=O)c1ccc(S(=O)(=O)N[C@@H](C)CN)o1. The van der Waals surface area contributed by atoms with E-state index in [9.17, 15) is 13.2 Å². The predicted molar refractivity (Wildman–Crippen MR) is 63.5 cm³/mol. The number of nitrogens with two attached hydrogens (primary N) is 1. The van der Waals surface area contributed by atoms with E-state index in [1.165, 1.54) is 12.1 Å². The largest absolute Gasteiger partial charge is 0.460 e. The van der Waals surface area contributed by atoms with Gasteiger partial charge in [0, 0.05) is 12.6 Å². The van der Waals surface area contributed by atoms with Gasteiger partial charge in [0.2, 0.25) is 10.9 Å². The number of hydrogen-bond acceptors (Lipinski definition) is 6. The van der Waals surface area contributed by atoms with Gasteiger partial charge < -0.3 is 14.9 Å². The van der Waals surface area contributed by atoms with Gasteiger partial charge >= 0.3 is 5.97 Å². The molecule has 0 aliphatic carbocycles. The first-order valence-corrected chi connectivity index (χ1v) is 6.88. The van der Waals surface area contributed by atoms with Crippen molar-refractivity contribution in [3.05, 3.63) is 17.9 Å². The molecule has 0 spiro atoms. The Bertz CT molecular complexity index is 508. The fourth-order valence-corrected chi connectivity index (χ4v) is 2.34. The number of ether oxygens (including phenoxy) is 1. The smallest absolute Gasteiger partial charge is 0.374 e. The first-order valence-electron chi connectivity index (χ1n) is 5.40. The van der Waals surface area contributed by atoms with Gasteiger partial charge in [0.1, 0.15) is 0 Å². The highest BCUT2D eigenvalue weighted by atomic mass is 32.2. The third-order valence-electron chi connectivity index (χ3n) is 2.03. The maximum atomic E-state index is 11.8. The highest BCUT2D eigenvalue weighted by Crippen LogP contribution is 2.15. The molecule has 0 fully saturated rings. The van der Waals surface area contributed by atoms with Crippen LogP contribution in [0.4, 0.5) is 0 Å². The monoisotopic (exact) mass is 276 g/mol. The van der Waals surface area contributed by atoms with E-state index in [0.717, 1.165) is 0 Å². The average molecular weight is 276 g/mol. The van der Waals surface area contributed by atoms with Gasteiger partial charge in [0.25, 0.3) is 10.0 Å². The zero-order valence-corrected chi connectivity index (χ0v) is 11.0. The Balaban J connectivity index is 2.88. The molecule has 0 aliphatic rings. The molecule has 0 saturated carbocycles. The van der Waals surface area contributed by atoms with Gasteiger partial charge in [-0.05, 0) is 26.0 Å². The third kappa shape index (κ3) is 3.56. The van der Waals surface area contributed by atoms with Crippen molar-refractivity contribution in [2.75, 3.05) is 13.2 Å². The zero-order valence-electron chi connectivity index (χ0n) is 10.2. The number of rotatable bonds is 6. The molecule has 1 heterocycles. The summed E-state index contributed by atoms with van der Waals surface area (Å²) in [5.41, 5.74) is 5.32. The molecule has 0 unspecified atom stereocenters. The number of furan rings is 1. The van der Waals surface area contributed by atoms with Crippen LogP contribution in [0.25, 0.3) is 0 Å². The average Bonchev–Trinajstić information content (AvgIpc) is 2.78. The lowest BCUT2D eigenvalue weighted by Crippen LogP contribution is -2.37. The number of esters is 1. The van der Waals surface area contributed by atoms with Crippen LogP contribution in [-0.2, 0) is 14.8 Å². The summed E-state index contributed by atoms with van der Waals surface area (Å²) in [5, 5.41) is -0.342. The Hall–Kier alpha value is -1.38. The minimum Gasteiger partial charge on any atom is -0.460 e. The Morgan fingerprint density at radius 2 is 2.22 bits per heavy atom. The lowest BCUT2D eigenvalue weighted by Gasteiger charge is -2.09. The molecule has 0 saturated heterocycles. The van der Waals surface area contributed by atoms with Gasteiger partial charge in [-0.25, -0.2) is 17.9 Å². The molecule has 8 heteroatoms.